The van der Waals surface area contributed by atoms with Gasteiger partial charge in [0.05, 0.1) is 0 Å². The third kappa shape index (κ3) is 1.05. The molecular formula is C6H7N2O2+. The van der Waals surface area contributed by atoms with E-state index in [0.717, 1.165) is 0 Å². The molecule has 0 aliphatic rings. The number of hydrogen-bond acceptors (Lipinski definition) is 2. The molecule has 1 aromatic heterocycles. The lowest BCUT2D eigenvalue weighted by atomic mass is 10.3. The summed E-state index contributed by atoms with van der Waals surface area (Å²) in [7, 11) is 0. The highest BCUT2D eigenvalue weighted by atomic mass is 16.3. The molecule has 3 N–H and O–H groups in total. The highest BCUT2D eigenvalue weighted by Gasteiger charge is 2.01. The quantitative estimate of drug-likeness (QED) is 0.552. The number of rotatable bonds is 1. The lowest BCUT2D eigenvalue weighted by molar-refractivity contribution is -0.400. The van der Waals surface area contributed by atoms with Gasteiger partial charge in [-0.05, 0) is 0 Å². The van der Waals surface area contributed by atoms with Gasteiger partial charge in [0, 0.05) is 0 Å². The minimum Gasteiger partial charge on any atom is -0.446 e. The molecule has 0 fully saturated rings. The molecular weight excluding hydrogens is 132 g/mol. The molecule has 0 aliphatic carbocycles. The average Bonchev–Trinajstić information content (AvgIpc) is 1.88. The molecule has 0 aromatic carbocycles. The number of aromatic amines is 2. The summed E-state index contributed by atoms with van der Waals surface area (Å²) in [6, 6.07) is -0.254. The van der Waals surface area contributed by atoms with Crippen molar-refractivity contribution in [1.29, 1.82) is 0 Å². The summed E-state index contributed by atoms with van der Waals surface area (Å²) in [4.78, 5) is 15.3. The molecule has 0 spiro atoms. The summed E-state index contributed by atoms with van der Waals surface area (Å²) in [6.07, 6.45) is 2.77. The molecule has 0 saturated heterocycles. The van der Waals surface area contributed by atoms with E-state index in [9.17, 15) is 4.79 Å². The monoisotopic (exact) mass is 139 g/mol. The van der Waals surface area contributed by atoms with Gasteiger partial charge >= 0.3 is 11.6 Å². The molecule has 1 rings (SSSR count). The van der Waals surface area contributed by atoms with Crippen molar-refractivity contribution in [3.63, 3.8) is 0 Å². The largest absolute Gasteiger partial charge is 0.451 e. The first-order valence-electron chi connectivity index (χ1n) is 2.70. The van der Waals surface area contributed by atoms with Crippen molar-refractivity contribution in [2.24, 2.45) is 0 Å². The van der Waals surface area contributed by atoms with Crippen molar-refractivity contribution in [2.75, 3.05) is 0 Å². The first-order chi connectivity index (χ1) is 4.74. The molecule has 4 heteroatoms. The molecule has 4 nitrogen and oxygen atoms in total. The van der Waals surface area contributed by atoms with Gasteiger partial charge in [0.1, 0.15) is 11.8 Å². The number of hydrogen-bond donors (Lipinski definition) is 2. The second-order valence-corrected chi connectivity index (χ2v) is 1.75. The second-order valence-electron chi connectivity index (χ2n) is 1.75. The van der Waals surface area contributed by atoms with E-state index in [1.54, 1.807) is 0 Å². The topological polar surface area (TPSA) is 67.2 Å². The highest BCUT2D eigenvalue weighted by Crippen LogP contribution is 1.88. The molecule has 0 aliphatic heterocycles. The number of aromatic hydroxyl groups is 1. The summed E-state index contributed by atoms with van der Waals surface area (Å²) in [5.74, 6) is 0. The Hall–Kier alpha value is -1.58. The Balaban J connectivity index is 3.33. The maximum absolute atomic E-state index is 10.8. The van der Waals surface area contributed by atoms with Gasteiger partial charge in [0.2, 0.25) is 0 Å². The van der Waals surface area contributed by atoms with E-state index in [-0.39, 0.29) is 11.6 Å². The van der Waals surface area contributed by atoms with Crippen LogP contribution in [0.5, 0.6) is 6.01 Å². The van der Waals surface area contributed by atoms with Crippen LogP contribution >= 0.6 is 0 Å². The number of aromatic nitrogens is 2. The molecule has 52 valence electrons. The summed E-state index contributed by atoms with van der Waals surface area (Å²) >= 11 is 0. The van der Waals surface area contributed by atoms with Gasteiger partial charge in [-0.15, -0.1) is 0 Å². The highest BCUT2D eigenvalue weighted by molar-refractivity contribution is 5.42. The van der Waals surface area contributed by atoms with Gasteiger partial charge in [-0.2, -0.15) is 4.98 Å². The zero-order chi connectivity index (χ0) is 7.56. The van der Waals surface area contributed by atoms with Gasteiger partial charge < -0.3 is 5.11 Å². The fourth-order valence-corrected chi connectivity index (χ4v) is 0.579. The van der Waals surface area contributed by atoms with Crippen molar-refractivity contribution in [3.05, 3.63) is 28.7 Å². The van der Waals surface area contributed by atoms with Crippen molar-refractivity contribution in [3.8, 4) is 6.01 Å². The molecule has 0 bridgehead atoms. The Morgan fingerprint density at radius 3 is 3.00 bits per heavy atom. The number of nitrogens with one attached hydrogen (secondary N) is 2. The molecule has 1 heterocycles. The first-order valence-corrected chi connectivity index (χ1v) is 2.70. The van der Waals surface area contributed by atoms with Crippen LogP contribution in [-0.4, -0.2) is 10.1 Å². The van der Waals surface area contributed by atoms with E-state index in [1.165, 1.54) is 12.3 Å². The maximum atomic E-state index is 10.8. The summed E-state index contributed by atoms with van der Waals surface area (Å²) in [6.45, 7) is 3.40. The van der Waals surface area contributed by atoms with Crippen LogP contribution in [0.1, 0.15) is 5.56 Å². The normalized spacial score (nSPS) is 9.20. The molecule has 10 heavy (non-hydrogen) atoms. The first kappa shape index (κ1) is 6.54. The predicted octanol–water partition coefficient (Wildman–Crippen LogP) is -0.462. The van der Waals surface area contributed by atoms with Crippen molar-refractivity contribution in [1.82, 2.24) is 4.98 Å². The zero-order valence-corrected chi connectivity index (χ0v) is 5.22. The predicted molar refractivity (Wildman–Crippen MR) is 35.4 cm³/mol. The molecule has 0 saturated carbocycles. The van der Waals surface area contributed by atoms with Crippen molar-refractivity contribution in [2.45, 2.75) is 0 Å². The molecule has 0 radical (unpaired) electrons. The summed E-state index contributed by atoms with van der Waals surface area (Å²) < 4.78 is 0. The van der Waals surface area contributed by atoms with E-state index in [4.69, 9.17) is 5.11 Å². The van der Waals surface area contributed by atoms with Crippen LogP contribution in [-0.2, 0) is 0 Å². The van der Waals surface area contributed by atoms with Gasteiger partial charge in [-0.25, -0.2) is 9.78 Å². The molecule has 1 aromatic rings. The van der Waals surface area contributed by atoms with Crippen LogP contribution in [0.3, 0.4) is 0 Å². The van der Waals surface area contributed by atoms with E-state index in [1.807, 2.05) is 0 Å². The lowest BCUT2D eigenvalue weighted by Gasteiger charge is -1.83. The van der Waals surface area contributed by atoms with Crippen molar-refractivity contribution >= 4 is 6.08 Å². The lowest BCUT2D eigenvalue weighted by Crippen LogP contribution is -2.17. The van der Waals surface area contributed by atoms with Crippen molar-refractivity contribution < 1.29 is 10.1 Å². The minimum atomic E-state index is -0.355. The van der Waals surface area contributed by atoms with Crippen LogP contribution < -0.4 is 10.5 Å². The summed E-state index contributed by atoms with van der Waals surface area (Å²) in [5.41, 5.74) is 0.0454. The molecule has 0 amide bonds. The Morgan fingerprint density at radius 1 is 1.80 bits per heavy atom. The fraction of sp³-hybridized carbons (Fsp3) is 0. The second kappa shape index (κ2) is 2.34. The van der Waals surface area contributed by atoms with E-state index in [2.05, 4.69) is 16.5 Å². The number of H-pyrrole nitrogens is 2. The van der Waals surface area contributed by atoms with E-state index >= 15 is 0 Å². The standard InChI is InChI=1S/C6H6N2O2/c1-2-4-3-7-6(10)8-5(4)9/h2-3H,1H2,(H2,7,8,9,10)/p+1. The Kier molecular flexibility index (Phi) is 1.53. The Labute approximate surface area is 56.9 Å². The van der Waals surface area contributed by atoms with Crippen LogP contribution in [0, 0.1) is 0 Å². The zero-order valence-electron chi connectivity index (χ0n) is 5.22. The Bertz CT molecular complexity index is 303. The minimum absolute atomic E-state index is 0.254. The van der Waals surface area contributed by atoms with Gasteiger partial charge in [-0.1, -0.05) is 12.7 Å². The van der Waals surface area contributed by atoms with Crippen LogP contribution in [0.4, 0.5) is 0 Å². The third-order valence-corrected chi connectivity index (χ3v) is 1.08. The third-order valence-electron chi connectivity index (χ3n) is 1.08. The average molecular weight is 139 g/mol. The van der Waals surface area contributed by atoms with E-state index < -0.39 is 0 Å². The van der Waals surface area contributed by atoms with Crippen LogP contribution in [0.15, 0.2) is 17.6 Å². The SMILES string of the molecule is C=Cc1c[nH+]c(O)[nH]c1=O. The van der Waals surface area contributed by atoms with Crippen LogP contribution in [0.25, 0.3) is 6.08 Å². The molecule has 0 atom stereocenters. The smallest absolute Gasteiger partial charge is 0.446 e. The maximum Gasteiger partial charge on any atom is 0.451 e. The van der Waals surface area contributed by atoms with Gasteiger partial charge in [0.25, 0.3) is 0 Å². The van der Waals surface area contributed by atoms with E-state index in [0.29, 0.717) is 5.56 Å². The summed E-state index contributed by atoms with van der Waals surface area (Å²) in [5, 5.41) is 8.69. The molecule has 0 unspecified atom stereocenters. The van der Waals surface area contributed by atoms with Crippen LogP contribution in [0.2, 0.25) is 0 Å². The van der Waals surface area contributed by atoms with Gasteiger partial charge in [0.15, 0.2) is 0 Å². The van der Waals surface area contributed by atoms with Gasteiger partial charge in [-0.3, -0.25) is 0 Å². The fourth-order valence-electron chi connectivity index (χ4n) is 0.579. The Morgan fingerprint density at radius 2 is 2.50 bits per heavy atom.